The largest absolute Gasteiger partial charge is 0.337 e. The molecule has 124 valence electrons. The van der Waals surface area contributed by atoms with Gasteiger partial charge in [0, 0.05) is 18.5 Å². The first-order valence-electron chi connectivity index (χ1n) is 8.43. The van der Waals surface area contributed by atoms with Crippen LogP contribution in [0.1, 0.15) is 24.3 Å². The number of fused-ring (bicyclic) bond motifs is 2. The number of hydrogen-bond acceptors (Lipinski definition) is 4. The van der Waals surface area contributed by atoms with Gasteiger partial charge in [0.05, 0.1) is 6.54 Å². The third kappa shape index (κ3) is 2.75. The van der Waals surface area contributed by atoms with Gasteiger partial charge in [0.1, 0.15) is 0 Å². The number of aromatic nitrogens is 2. The molecule has 2 aromatic rings. The van der Waals surface area contributed by atoms with Crippen molar-refractivity contribution in [2.45, 2.75) is 26.3 Å². The number of carbonyl (C=O) groups excluding carboxylic acids is 1. The van der Waals surface area contributed by atoms with Crippen molar-refractivity contribution in [1.29, 1.82) is 0 Å². The summed E-state index contributed by atoms with van der Waals surface area (Å²) in [5, 5.41) is 4.04. The summed E-state index contributed by atoms with van der Waals surface area (Å²) in [6.45, 7) is 2.38. The molecule has 5 heteroatoms. The highest BCUT2D eigenvalue weighted by Crippen LogP contribution is 2.44. The molecule has 1 aromatic heterocycles. The van der Waals surface area contributed by atoms with Crippen molar-refractivity contribution >= 4 is 5.91 Å². The summed E-state index contributed by atoms with van der Waals surface area (Å²) < 4.78 is 5.34. The summed E-state index contributed by atoms with van der Waals surface area (Å²) in [4.78, 5) is 18.8. The maximum atomic E-state index is 12.7. The summed E-state index contributed by atoms with van der Waals surface area (Å²) >= 11 is 0. The predicted molar refractivity (Wildman–Crippen MR) is 89.8 cm³/mol. The standard InChI is InChI=1S/C19H21N3O2/c1-12-4-3-5-15(8-12)18-20-17(24-21-18)11-22(2)19(23)16-10-13-6-7-14(16)9-13/h3-8,13-14,16H,9-11H2,1-2H3/t13-,14+,16-/m1/s1. The third-order valence-electron chi connectivity index (χ3n) is 5.09. The van der Waals surface area contributed by atoms with Crippen molar-refractivity contribution in [3.8, 4) is 11.4 Å². The van der Waals surface area contributed by atoms with Crippen LogP contribution in [0.4, 0.5) is 0 Å². The van der Waals surface area contributed by atoms with E-state index >= 15 is 0 Å². The Morgan fingerprint density at radius 3 is 2.92 bits per heavy atom. The van der Waals surface area contributed by atoms with Gasteiger partial charge < -0.3 is 9.42 Å². The molecule has 0 radical (unpaired) electrons. The molecule has 0 saturated heterocycles. The zero-order valence-electron chi connectivity index (χ0n) is 14.0. The molecule has 1 aromatic carbocycles. The lowest BCUT2D eigenvalue weighted by Crippen LogP contribution is -2.34. The Hall–Kier alpha value is -2.43. The van der Waals surface area contributed by atoms with Crippen LogP contribution in [0.25, 0.3) is 11.4 Å². The minimum Gasteiger partial charge on any atom is -0.337 e. The minimum atomic E-state index is 0.115. The minimum absolute atomic E-state index is 0.115. The van der Waals surface area contributed by atoms with E-state index in [4.69, 9.17) is 4.52 Å². The van der Waals surface area contributed by atoms with Gasteiger partial charge in [-0.1, -0.05) is 41.1 Å². The first-order chi connectivity index (χ1) is 11.6. The van der Waals surface area contributed by atoms with Gasteiger partial charge in [0.15, 0.2) is 0 Å². The predicted octanol–water partition coefficient (Wildman–Crippen LogP) is 3.22. The fourth-order valence-corrected chi connectivity index (χ4v) is 3.85. The van der Waals surface area contributed by atoms with Crippen LogP contribution in [0.5, 0.6) is 0 Å². The van der Waals surface area contributed by atoms with Crippen LogP contribution in [0, 0.1) is 24.7 Å². The van der Waals surface area contributed by atoms with E-state index in [-0.39, 0.29) is 11.8 Å². The van der Waals surface area contributed by atoms with E-state index in [0.29, 0.717) is 30.1 Å². The van der Waals surface area contributed by atoms with Gasteiger partial charge in [-0.25, -0.2) is 0 Å². The monoisotopic (exact) mass is 323 g/mol. The van der Waals surface area contributed by atoms with E-state index in [1.165, 1.54) is 0 Å². The third-order valence-corrected chi connectivity index (χ3v) is 5.09. The smallest absolute Gasteiger partial charge is 0.246 e. The fraction of sp³-hybridized carbons (Fsp3) is 0.421. The van der Waals surface area contributed by atoms with Crippen LogP contribution in [-0.2, 0) is 11.3 Å². The van der Waals surface area contributed by atoms with E-state index < -0.39 is 0 Å². The lowest BCUT2D eigenvalue weighted by atomic mass is 9.92. The molecule has 2 aliphatic rings. The molecular formula is C19H21N3O2. The lowest BCUT2D eigenvalue weighted by Gasteiger charge is -2.23. The Morgan fingerprint density at radius 1 is 1.33 bits per heavy atom. The van der Waals surface area contributed by atoms with E-state index in [2.05, 4.69) is 22.3 Å². The van der Waals surface area contributed by atoms with Crippen molar-refractivity contribution < 1.29 is 9.32 Å². The number of nitrogens with zero attached hydrogens (tertiary/aromatic N) is 3. The molecule has 0 unspecified atom stereocenters. The van der Waals surface area contributed by atoms with Crippen LogP contribution < -0.4 is 0 Å². The first kappa shape index (κ1) is 15.1. The Bertz CT molecular complexity index is 795. The summed E-state index contributed by atoms with van der Waals surface area (Å²) in [6.07, 6.45) is 6.55. The molecule has 0 spiro atoms. The second-order valence-electron chi connectivity index (χ2n) is 6.96. The number of carbonyl (C=O) groups is 1. The highest BCUT2D eigenvalue weighted by atomic mass is 16.5. The normalized spacial score (nSPS) is 24.5. The van der Waals surface area contributed by atoms with Crippen LogP contribution in [0.15, 0.2) is 40.9 Å². The first-order valence-corrected chi connectivity index (χ1v) is 8.43. The summed E-state index contributed by atoms with van der Waals surface area (Å²) in [5.41, 5.74) is 2.08. The Morgan fingerprint density at radius 2 is 2.21 bits per heavy atom. The Labute approximate surface area is 141 Å². The topological polar surface area (TPSA) is 59.2 Å². The second-order valence-corrected chi connectivity index (χ2v) is 6.96. The highest BCUT2D eigenvalue weighted by molar-refractivity contribution is 5.79. The number of allylic oxidation sites excluding steroid dienone is 2. The summed E-state index contributed by atoms with van der Waals surface area (Å²) in [5.74, 6) is 2.34. The average molecular weight is 323 g/mol. The average Bonchev–Trinajstić information content (AvgIpc) is 3.30. The van der Waals surface area contributed by atoms with Crippen LogP contribution in [0.3, 0.4) is 0 Å². The van der Waals surface area contributed by atoms with Gasteiger partial charge in [-0.2, -0.15) is 4.98 Å². The molecule has 1 saturated carbocycles. The molecule has 4 rings (SSSR count). The van der Waals surface area contributed by atoms with Crippen molar-refractivity contribution in [1.82, 2.24) is 15.0 Å². The van der Waals surface area contributed by atoms with Gasteiger partial charge in [0.25, 0.3) is 0 Å². The van der Waals surface area contributed by atoms with E-state index in [1.54, 1.807) is 4.90 Å². The number of aryl methyl sites for hydroxylation is 1. The maximum Gasteiger partial charge on any atom is 0.246 e. The Kier molecular flexibility index (Phi) is 3.71. The van der Waals surface area contributed by atoms with Gasteiger partial charge in [-0.15, -0.1) is 0 Å². The molecule has 2 bridgehead atoms. The second kappa shape index (κ2) is 5.89. The molecule has 0 N–H and O–H groups in total. The fourth-order valence-electron chi connectivity index (χ4n) is 3.85. The SMILES string of the molecule is Cc1cccc(-c2noc(CN(C)C(=O)[C@@H]3C[C@@H]4C=C[C@H]3C4)n2)c1. The van der Waals surface area contributed by atoms with Crippen molar-refractivity contribution in [3.05, 3.63) is 47.9 Å². The molecule has 5 nitrogen and oxygen atoms in total. The molecule has 1 heterocycles. The van der Waals surface area contributed by atoms with Gasteiger partial charge >= 0.3 is 0 Å². The van der Waals surface area contributed by atoms with Crippen LogP contribution in [-0.4, -0.2) is 28.0 Å². The van der Waals surface area contributed by atoms with Crippen LogP contribution >= 0.6 is 0 Å². The summed E-state index contributed by atoms with van der Waals surface area (Å²) in [6, 6.07) is 7.98. The Balaban J connectivity index is 1.44. The van der Waals surface area contributed by atoms with E-state index in [1.807, 2.05) is 38.2 Å². The molecule has 3 atom stereocenters. The van der Waals surface area contributed by atoms with Crippen molar-refractivity contribution in [3.63, 3.8) is 0 Å². The number of hydrogen-bond donors (Lipinski definition) is 0. The molecule has 24 heavy (non-hydrogen) atoms. The maximum absolute atomic E-state index is 12.7. The zero-order valence-corrected chi connectivity index (χ0v) is 14.0. The zero-order chi connectivity index (χ0) is 16.7. The number of rotatable bonds is 4. The number of benzene rings is 1. The molecule has 0 aliphatic heterocycles. The summed E-state index contributed by atoms with van der Waals surface area (Å²) in [7, 11) is 1.81. The van der Waals surface area contributed by atoms with E-state index in [0.717, 1.165) is 24.0 Å². The van der Waals surface area contributed by atoms with Gasteiger partial charge in [0.2, 0.25) is 17.6 Å². The van der Waals surface area contributed by atoms with Crippen LogP contribution in [0.2, 0.25) is 0 Å². The lowest BCUT2D eigenvalue weighted by molar-refractivity contribution is -0.135. The van der Waals surface area contributed by atoms with Crippen molar-refractivity contribution in [2.24, 2.45) is 17.8 Å². The molecular weight excluding hydrogens is 302 g/mol. The van der Waals surface area contributed by atoms with E-state index in [9.17, 15) is 4.79 Å². The van der Waals surface area contributed by atoms with Crippen molar-refractivity contribution in [2.75, 3.05) is 7.05 Å². The van der Waals surface area contributed by atoms with Gasteiger partial charge in [-0.05, 0) is 37.7 Å². The molecule has 1 amide bonds. The molecule has 1 fully saturated rings. The van der Waals surface area contributed by atoms with Gasteiger partial charge in [-0.3, -0.25) is 4.79 Å². The quantitative estimate of drug-likeness (QED) is 0.811. The number of amides is 1. The highest BCUT2D eigenvalue weighted by Gasteiger charge is 2.41. The molecule has 2 aliphatic carbocycles.